The minimum atomic E-state index is -0.490. The van der Waals surface area contributed by atoms with E-state index in [2.05, 4.69) is 24.1 Å². The van der Waals surface area contributed by atoms with Crippen LogP contribution in [0.15, 0.2) is 0 Å². The number of nitrogens with one attached hydrogen (secondary N) is 1. The largest absolute Gasteiger partial charge is 0.354 e. The number of hydrogen-bond acceptors (Lipinski definition) is 2. The monoisotopic (exact) mass is 262 g/mol. The Kier molecular flexibility index (Phi) is 7.10. The van der Waals surface area contributed by atoms with Gasteiger partial charge in [-0.1, -0.05) is 13.8 Å². The Labute approximate surface area is 111 Å². The van der Waals surface area contributed by atoms with E-state index in [-0.39, 0.29) is 5.91 Å². The Bertz CT molecular complexity index is 240. The zero-order valence-corrected chi connectivity index (χ0v) is 12.8. The van der Waals surface area contributed by atoms with Gasteiger partial charge in [0.05, 0.1) is 5.41 Å². The van der Waals surface area contributed by atoms with Crippen LogP contribution in [0.25, 0.3) is 0 Å². The Morgan fingerprint density at radius 2 is 1.88 bits per heavy atom. The van der Waals surface area contributed by atoms with Gasteiger partial charge in [-0.05, 0) is 40.3 Å². The molecule has 0 fully saturated rings. The molecule has 0 aliphatic rings. The molecule has 102 valence electrons. The van der Waals surface area contributed by atoms with Crippen molar-refractivity contribution in [2.24, 2.45) is 11.3 Å². The molecule has 1 amide bonds. The van der Waals surface area contributed by atoms with Gasteiger partial charge in [-0.15, -0.1) is 11.6 Å². The Hall–Kier alpha value is -0.280. The summed E-state index contributed by atoms with van der Waals surface area (Å²) in [6, 6.07) is 0.380. The molecule has 0 saturated carbocycles. The molecule has 4 heteroatoms. The Morgan fingerprint density at radius 3 is 2.24 bits per heavy atom. The maximum Gasteiger partial charge on any atom is 0.226 e. The van der Waals surface area contributed by atoms with Gasteiger partial charge < -0.3 is 10.2 Å². The molecule has 0 rings (SSSR count). The van der Waals surface area contributed by atoms with Crippen molar-refractivity contribution in [2.45, 2.75) is 40.2 Å². The highest BCUT2D eigenvalue weighted by Gasteiger charge is 2.27. The maximum absolute atomic E-state index is 11.9. The van der Waals surface area contributed by atoms with E-state index >= 15 is 0 Å². The zero-order valence-electron chi connectivity index (χ0n) is 12.0. The number of halogens is 1. The maximum atomic E-state index is 11.9. The number of hydrogen-bond donors (Lipinski definition) is 1. The van der Waals surface area contributed by atoms with Gasteiger partial charge in [-0.3, -0.25) is 4.79 Å². The number of carbonyl (C=O) groups is 1. The van der Waals surface area contributed by atoms with Gasteiger partial charge in [-0.25, -0.2) is 0 Å². The number of alkyl halides is 1. The topological polar surface area (TPSA) is 32.3 Å². The van der Waals surface area contributed by atoms with Crippen LogP contribution in [0.3, 0.4) is 0 Å². The molecule has 1 N–H and O–H groups in total. The van der Waals surface area contributed by atoms with Crippen LogP contribution in [0.2, 0.25) is 0 Å². The quantitative estimate of drug-likeness (QED) is 0.715. The van der Waals surface area contributed by atoms with Gasteiger partial charge >= 0.3 is 0 Å². The highest BCUT2D eigenvalue weighted by Crippen LogP contribution is 2.17. The Balaban J connectivity index is 4.27. The van der Waals surface area contributed by atoms with E-state index < -0.39 is 5.41 Å². The van der Waals surface area contributed by atoms with Crippen molar-refractivity contribution in [3.05, 3.63) is 0 Å². The lowest BCUT2D eigenvalue weighted by atomic mass is 9.95. The molecule has 0 aromatic carbocycles. The third-order valence-corrected chi connectivity index (χ3v) is 3.59. The van der Waals surface area contributed by atoms with Crippen LogP contribution in [0.1, 0.15) is 34.1 Å². The van der Waals surface area contributed by atoms with Crippen LogP contribution in [-0.4, -0.2) is 43.4 Å². The summed E-state index contributed by atoms with van der Waals surface area (Å²) in [6.07, 6.45) is 1.08. The van der Waals surface area contributed by atoms with E-state index in [9.17, 15) is 4.79 Å². The van der Waals surface area contributed by atoms with Crippen LogP contribution in [0, 0.1) is 11.3 Å². The van der Waals surface area contributed by atoms with Crippen LogP contribution >= 0.6 is 11.6 Å². The van der Waals surface area contributed by atoms with Gasteiger partial charge in [0.2, 0.25) is 5.91 Å². The van der Waals surface area contributed by atoms with E-state index in [0.29, 0.717) is 24.4 Å². The summed E-state index contributed by atoms with van der Waals surface area (Å²) in [5, 5.41) is 3.00. The van der Waals surface area contributed by atoms with E-state index in [4.69, 9.17) is 11.6 Å². The van der Waals surface area contributed by atoms with Crippen LogP contribution in [-0.2, 0) is 4.79 Å². The summed E-state index contributed by atoms with van der Waals surface area (Å²) in [5.41, 5.74) is -0.490. The summed E-state index contributed by atoms with van der Waals surface area (Å²) < 4.78 is 0. The second-order valence-electron chi connectivity index (χ2n) is 5.97. The molecule has 0 aliphatic heterocycles. The lowest BCUT2D eigenvalue weighted by molar-refractivity contribution is -0.128. The van der Waals surface area contributed by atoms with Gasteiger partial charge in [-0.2, -0.15) is 0 Å². The lowest BCUT2D eigenvalue weighted by Gasteiger charge is -2.28. The summed E-state index contributed by atoms with van der Waals surface area (Å²) in [5.74, 6) is 0.999. The average molecular weight is 263 g/mol. The molecule has 0 aliphatic carbocycles. The van der Waals surface area contributed by atoms with Crippen LogP contribution in [0.5, 0.6) is 0 Å². The van der Waals surface area contributed by atoms with Crippen molar-refractivity contribution in [1.29, 1.82) is 0 Å². The third-order valence-electron chi connectivity index (χ3n) is 2.92. The SMILES string of the molecule is CC(C)CC(CNC(=O)C(C)(C)CCl)N(C)C. The van der Waals surface area contributed by atoms with E-state index in [0.717, 1.165) is 6.42 Å². The minimum absolute atomic E-state index is 0.0307. The fourth-order valence-corrected chi connectivity index (χ4v) is 1.65. The number of amides is 1. The second-order valence-corrected chi connectivity index (χ2v) is 6.24. The van der Waals surface area contributed by atoms with Crippen LogP contribution in [0.4, 0.5) is 0 Å². The molecule has 3 nitrogen and oxygen atoms in total. The van der Waals surface area contributed by atoms with Crippen molar-refractivity contribution in [3.8, 4) is 0 Å². The van der Waals surface area contributed by atoms with E-state index in [1.54, 1.807) is 0 Å². The molecule has 1 atom stereocenters. The van der Waals surface area contributed by atoms with E-state index in [1.165, 1.54) is 0 Å². The summed E-state index contributed by atoms with van der Waals surface area (Å²) in [6.45, 7) is 8.80. The molecule has 0 bridgehead atoms. The first-order valence-corrected chi connectivity index (χ1v) is 6.75. The molecule has 0 saturated heterocycles. The number of nitrogens with zero attached hydrogens (tertiary/aromatic N) is 1. The van der Waals surface area contributed by atoms with Gasteiger partial charge in [0, 0.05) is 18.5 Å². The first-order valence-electron chi connectivity index (χ1n) is 6.21. The molecule has 0 aromatic rings. The van der Waals surface area contributed by atoms with E-state index in [1.807, 2.05) is 27.9 Å². The minimum Gasteiger partial charge on any atom is -0.354 e. The highest BCUT2D eigenvalue weighted by atomic mass is 35.5. The molecule has 17 heavy (non-hydrogen) atoms. The lowest BCUT2D eigenvalue weighted by Crippen LogP contribution is -2.45. The fourth-order valence-electron chi connectivity index (χ4n) is 1.53. The average Bonchev–Trinajstić information content (AvgIpc) is 2.22. The summed E-state index contributed by atoms with van der Waals surface area (Å²) in [4.78, 5) is 14.1. The predicted molar refractivity (Wildman–Crippen MR) is 74.4 cm³/mol. The molecular formula is C13H27ClN2O. The first kappa shape index (κ1) is 16.7. The van der Waals surface area contributed by atoms with Gasteiger partial charge in [0.1, 0.15) is 0 Å². The highest BCUT2D eigenvalue weighted by molar-refractivity contribution is 6.19. The Morgan fingerprint density at radius 1 is 1.35 bits per heavy atom. The second kappa shape index (κ2) is 7.22. The first-order chi connectivity index (χ1) is 7.70. The molecule has 0 radical (unpaired) electrons. The van der Waals surface area contributed by atoms with Crippen LogP contribution < -0.4 is 5.32 Å². The molecule has 0 heterocycles. The van der Waals surface area contributed by atoms with Crippen molar-refractivity contribution in [1.82, 2.24) is 10.2 Å². The van der Waals surface area contributed by atoms with Gasteiger partial charge in [0.25, 0.3) is 0 Å². The summed E-state index contributed by atoms with van der Waals surface area (Å²) >= 11 is 5.78. The number of rotatable bonds is 7. The molecule has 0 spiro atoms. The fraction of sp³-hybridized carbons (Fsp3) is 0.923. The smallest absolute Gasteiger partial charge is 0.226 e. The predicted octanol–water partition coefficient (Wildman–Crippen LogP) is 2.34. The van der Waals surface area contributed by atoms with Crippen molar-refractivity contribution >= 4 is 17.5 Å². The van der Waals surface area contributed by atoms with Crippen molar-refractivity contribution in [2.75, 3.05) is 26.5 Å². The number of likely N-dealkylation sites (N-methyl/N-ethyl adjacent to an activating group) is 1. The standard InChI is InChI=1S/C13H27ClN2O/c1-10(2)7-11(16(5)6)8-15-12(17)13(3,4)9-14/h10-11H,7-9H2,1-6H3,(H,15,17). The van der Waals surface area contributed by atoms with Crippen molar-refractivity contribution in [3.63, 3.8) is 0 Å². The zero-order chi connectivity index (χ0) is 13.6. The molecular weight excluding hydrogens is 236 g/mol. The summed E-state index contributed by atoms with van der Waals surface area (Å²) in [7, 11) is 4.10. The molecule has 0 aromatic heterocycles. The number of carbonyl (C=O) groups excluding carboxylic acids is 1. The third kappa shape index (κ3) is 6.27. The molecule has 1 unspecified atom stereocenters. The normalized spacial score (nSPS) is 14.2. The van der Waals surface area contributed by atoms with Gasteiger partial charge in [0.15, 0.2) is 0 Å². The van der Waals surface area contributed by atoms with Crippen molar-refractivity contribution < 1.29 is 4.79 Å².